The molecular formula is C19H25F3N2O2. The number of carbonyl (C=O) groups excluding carboxylic acids is 1. The first-order chi connectivity index (χ1) is 12.4. The second-order valence-corrected chi connectivity index (χ2v) is 7.28. The lowest BCUT2D eigenvalue weighted by atomic mass is 9.90. The summed E-state index contributed by atoms with van der Waals surface area (Å²) in [6, 6.07) is 5.20. The van der Waals surface area contributed by atoms with E-state index in [2.05, 4.69) is 10.6 Å². The Balaban J connectivity index is 1.50. The highest BCUT2D eigenvalue weighted by Gasteiger charge is 2.31. The molecule has 2 atom stereocenters. The summed E-state index contributed by atoms with van der Waals surface area (Å²) in [5, 5.41) is 6.36. The van der Waals surface area contributed by atoms with E-state index in [-0.39, 0.29) is 23.5 Å². The molecule has 2 fully saturated rings. The molecule has 0 spiro atoms. The summed E-state index contributed by atoms with van der Waals surface area (Å²) in [5.74, 6) is 0.266. The normalized spacial score (nSPS) is 24.4. The average molecular weight is 370 g/mol. The second-order valence-electron chi connectivity index (χ2n) is 7.28. The third kappa shape index (κ3) is 5.13. The maximum Gasteiger partial charge on any atom is 0.416 e. The highest BCUT2D eigenvalue weighted by atomic mass is 19.4. The van der Waals surface area contributed by atoms with Crippen molar-refractivity contribution in [2.24, 2.45) is 11.8 Å². The van der Waals surface area contributed by atoms with E-state index in [0.29, 0.717) is 32.2 Å². The zero-order chi connectivity index (χ0) is 18.6. The number of halogens is 3. The van der Waals surface area contributed by atoms with E-state index >= 15 is 0 Å². The van der Waals surface area contributed by atoms with Crippen molar-refractivity contribution in [3.63, 3.8) is 0 Å². The van der Waals surface area contributed by atoms with Crippen LogP contribution in [0.4, 0.5) is 13.2 Å². The van der Waals surface area contributed by atoms with Crippen LogP contribution in [0, 0.1) is 11.8 Å². The Morgan fingerprint density at radius 2 is 2.00 bits per heavy atom. The van der Waals surface area contributed by atoms with E-state index < -0.39 is 11.7 Å². The van der Waals surface area contributed by atoms with Crippen molar-refractivity contribution in [3.05, 3.63) is 29.8 Å². The lowest BCUT2D eigenvalue weighted by Gasteiger charge is -2.30. The quantitative estimate of drug-likeness (QED) is 0.836. The minimum atomic E-state index is -4.38. The first-order valence-electron chi connectivity index (χ1n) is 9.23. The molecular weight excluding hydrogens is 345 g/mol. The number of alkyl halides is 3. The molecule has 4 nitrogen and oxygen atoms in total. The number of benzene rings is 1. The maximum atomic E-state index is 12.8. The lowest BCUT2D eigenvalue weighted by Crippen LogP contribution is -2.47. The molecule has 2 N–H and O–H groups in total. The predicted molar refractivity (Wildman–Crippen MR) is 91.8 cm³/mol. The summed E-state index contributed by atoms with van der Waals surface area (Å²) in [4.78, 5) is 12.4. The molecule has 1 aromatic rings. The van der Waals surface area contributed by atoms with E-state index in [1.54, 1.807) is 0 Å². The van der Waals surface area contributed by atoms with E-state index in [9.17, 15) is 18.0 Å². The summed E-state index contributed by atoms with van der Waals surface area (Å²) in [6.07, 6.45) is 0.740. The molecule has 1 aliphatic heterocycles. The summed E-state index contributed by atoms with van der Waals surface area (Å²) >= 11 is 0. The first kappa shape index (κ1) is 19.0. The number of hydrogen-bond donors (Lipinski definition) is 2. The molecule has 0 unspecified atom stereocenters. The molecule has 0 aromatic heterocycles. The highest BCUT2D eigenvalue weighted by molar-refractivity contribution is 5.79. The lowest BCUT2D eigenvalue weighted by molar-refractivity contribution is -0.137. The number of rotatable bonds is 5. The fourth-order valence-electron chi connectivity index (χ4n) is 3.72. The SMILES string of the molecule is O=C(NC1CCCC1)[C@H]1CNC[C@@H](COc2cccc(C(F)(F)F)c2)C1. The van der Waals surface area contributed by atoms with Crippen LogP contribution in [0.2, 0.25) is 0 Å². The van der Waals surface area contributed by atoms with E-state index in [0.717, 1.165) is 25.0 Å². The number of piperidine rings is 1. The topological polar surface area (TPSA) is 50.4 Å². The molecule has 1 aliphatic carbocycles. The van der Waals surface area contributed by atoms with Gasteiger partial charge in [0, 0.05) is 25.0 Å². The van der Waals surface area contributed by atoms with Gasteiger partial charge in [0.2, 0.25) is 5.91 Å². The maximum absolute atomic E-state index is 12.8. The standard InChI is InChI=1S/C19H25F3N2O2/c20-19(21,22)15-4-3-7-17(9-15)26-12-13-8-14(11-23-10-13)18(25)24-16-5-1-2-6-16/h3-4,7,9,13-14,16,23H,1-2,5-6,8,10-12H2,(H,24,25)/t13-,14+/m0/s1. The van der Waals surface area contributed by atoms with Gasteiger partial charge in [-0.05, 0) is 37.5 Å². The minimum absolute atomic E-state index is 0.0770. The van der Waals surface area contributed by atoms with Gasteiger partial charge in [0.1, 0.15) is 5.75 Å². The van der Waals surface area contributed by atoms with Crippen LogP contribution in [0.1, 0.15) is 37.7 Å². The average Bonchev–Trinajstić information content (AvgIpc) is 3.13. The first-order valence-corrected chi connectivity index (χ1v) is 9.23. The Morgan fingerprint density at radius 3 is 2.73 bits per heavy atom. The third-order valence-electron chi connectivity index (χ3n) is 5.16. The van der Waals surface area contributed by atoms with Gasteiger partial charge in [-0.1, -0.05) is 18.9 Å². The Bertz CT molecular complexity index is 615. The van der Waals surface area contributed by atoms with Gasteiger partial charge in [-0.2, -0.15) is 13.2 Å². The molecule has 2 aliphatic rings. The summed E-state index contributed by atoms with van der Waals surface area (Å²) < 4.78 is 43.9. The smallest absolute Gasteiger partial charge is 0.416 e. The van der Waals surface area contributed by atoms with Gasteiger partial charge in [0.05, 0.1) is 18.1 Å². The molecule has 1 saturated carbocycles. The van der Waals surface area contributed by atoms with Gasteiger partial charge in [-0.25, -0.2) is 0 Å². The third-order valence-corrected chi connectivity index (χ3v) is 5.16. The zero-order valence-electron chi connectivity index (χ0n) is 14.6. The number of hydrogen-bond acceptors (Lipinski definition) is 3. The van der Waals surface area contributed by atoms with Crippen LogP contribution in [-0.4, -0.2) is 31.6 Å². The largest absolute Gasteiger partial charge is 0.493 e. The Kier molecular flexibility index (Phi) is 6.06. The zero-order valence-corrected chi connectivity index (χ0v) is 14.6. The van der Waals surface area contributed by atoms with Gasteiger partial charge in [0.25, 0.3) is 0 Å². The number of nitrogens with one attached hydrogen (secondary N) is 2. The monoisotopic (exact) mass is 370 g/mol. The fraction of sp³-hybridized carbons (Fsp3) is 0.632. The molecule has 1 heterocycles. The van der Waals surface area contributed by atoms with Crippen LogP contribution in [0.5, 0.6) is 5.75 Å². The molecule has 144 valence electrons. The molecule has 1 aromatic carbocycles. The van der Waals surface area contributed by atoms with Gasteiger partial charge in [-0.15, -0.1) is 0 Å². The van der Waals surface area contributed by atoms with Gasteiger partial charge < -0.3 is 15.4 Å². The van der Waals surface area contributed by atoms with Crippen molar-refractivity contribution in [1.82, 2.24) is 10.6 Å². The van der Waals surface area contributed by atoms with Gasteiger partial charge in [-0.3, -0.25) is 4.79 Å². The van der Waals surface area contributed by atoms with Gasteiger partial charge >= 0.3 is 6.18 Å². The molecule has 0 bridgehead atoms. The second kappa shape index (κ2) is 8.29. The van der Waals surface area contributed by atoms with E-state index in [1.165, 1.54) is 25.0 Å². The Labute approximate surface area is 151 Å². The molecule has 1 saturated heterocycles. The summed E-state index contributed by atoms with van der Waals surface area (Å²) in [7, 11) is 0. The number of ether oxygens (including phenoxy) is 1. The fourth-order valence-corrected chi connectivity index (χ4v) is 3.72. The Hall–Kier alpha value is -1.76. The summed E-state index contributed by atoms with van der Waals surface area (Å²) in [5.41, 5.74) is -0.717. The van der Waals surface area contributed by atoms with Crippen LogP contribution in [0.3, 0.4) is 0 Å². The van der Waals surface area contributed by atoms with E-state index in [4.69, 9.17) is 4.74 Å². The Morgan fingerprint density at radius 1 is 1.23 bits per heavy atom. The van der Waals surface area contributed by atoms with Crippen molar-refractivity contribution in [3.8, 4) is 5.75 Å². The van der Waals surface area contributed by atoms with Crippen LogP contribution in [0.25, 0.3) is 0 Å². The van der Waals surface area contributed by atoms with Crippen LogP contribution in [-0.2, 0) is 11.0 Å². The molecule has 26 heavy (non-hydrogen) atoms. The van der Waals surface area contributed by atoms with Crippen molar-refractivity contribution in [2.75, 3.05) is 19.7 Å². The van der Waals surface area contributed by atoms with Crippen molar-refractivity contribution < 1.29 is 22.7 Å². The number of carbonyl (C=O) groups is 1. The summed E-state index contributed by atoms with van der Waals surface area (Å²) in [6.45, 7) is 1.63. The predicted octanol–water partition coefficient (Wildman–Crippen LogP) is 3.37. The van der Waals surface area contributed by atoms with E-state index in [1.807, 2.05) is 0 Å². The highest BCUT2D eigenvalue weighted by Crippen LogP contribution is 2.31. The van der Waals surface area contributed by atoms with Crippen molar-refractivity contribution in [2.45, 2.75) is 44.3 Å². The number of amides is 1. The molecule has 1 amide bonds. The van der Waals surface area contributed by atoms with Crippen molar-refractivity contribution in [1.29, 1.82) is 0 Å². The van der Waals surface area contributed by atoms with Gasteiger partial charge in [0.15, 0.2) is 0 Å². The minimum Gasteiger partial charge on any atom is -0.493 e. The molecule has 3 rings (SSSR count). The van der Waals surface area contributed by atoms with Crippen LogP contribution >= 0.6 is 0 Å². The van der Waals surface area contributed by atoms with Crippen molar-refractivity contribution >= 4 is 5.91 Å². The molecule has 7 heteroatoms. The van der Waals surface area contributed by atoms with Crippen LogP contribution in [0.15, 0.2) is 24.3 Å². The molecule has 0 radical (unpaired) electrons. The van der Waals surface area contributed by atoms with Crippen LogP contribution < -0.4 is 15.4 Å².